The Morgan fingerprint density at radius 2 is 2.00 bits per heavy atom. The number of hydrogen-bond donors (Lipinski definition) is 1. The first-order valence-electron chi connectivity index (χ1n) is 3.32. The predicted molar refractivity (Wildman–Crippen MR) is 35.1 cm³/mol. The zero-order valence-electron chi connectivity index (χ0n) is 6.32. The molecule has 0 spiro atoms. The lowest BCUT2D eigenvalue weighted by molar-refractivity contribution is -0.174. The molecule has 11 heavy (non-hydrogen) atoms. The van der Waals surface area contributed by atoms with E-state index in [1.807, 2.05) is 0 Å². The molecule has 0 bridgehead atoms. The van der Waals surface area contributed by atoms with Crippen molar-refractivity contribution in [1.82, 2.24) is 0 Å². The summed E-state index contributed by atoms with van der Waals surface area (Å²) in [5, 5.41) is 0. The highest BCUT2D eigenvalue weighted by Crippen LogP contribution is 2.14. The molecule has 0 heterocycles. The molecule has 68 valence electrons. The lowest BCUT2D eigenvalue weighted by Crippen LogP contribution is -2.21. The van der Waals surface area contributed by atoms with Crippen LogP contribution < -0.4 is 5.73 Å². The highest BCUT2D eigenvalue weighted by molar-refractivity contribution is 4.52. The summed E-state index contributed by atoms with van der Waals surface area (Å²) < 4.78 is 38.6. The molecule has 0 saturated heterocycles. The van der Waals surface area contributed by atoms with Crippen LogP contribution >= 0.6 is 0 Å². The summed E-state index contributed by atoms with van der Waals surface area (Å²) in [5.74, 6) is 0. The molecular weight excluding hydrogens is 159 g/mol. The van der Waals surface area contributed by atoms with Crippen molar-refractivity contribution < 1.29 is 17.9 Å². The third-order valence-electron chi connectivity index (χ3n) is 0.983. The minimum atomic E-state index is -4.22. The quantitative estimate of drug-likeness (QED) is 0.647. The van der Waals surface area contributed by atoms with Gasteiger partial charge in [-0.1, -0.05) is 0 Å². The van der Waals surface area contributed by atoms with Gasteiger partial charge in [-0.2, -0.15) is 13.2 Å². The lowest BCUT2D eigenvalue weighted by Gasteiger charge is -2.08. The Hall–Kier alpha value is -0.290. The maximum atomic E-state index is 11.4. The molecule has 0 aliphatic rings. The minimum absolute atomic E-state index is 0.0666. The number of nitrogens with two attached hydrogens (primary N) is 1. The third-order valence-corrected chi connectivity index (χ3v) is 0.983. The van der Waals surface area contributed by atoms with E-state index in [1.165, 1.54) is 0 Å². The van der Waals surface area contributed by atoms with Gasteiger partial charge in [0.1, 0.15) is 6.61 Å². The Morgan fingerprint density at radius 1 is 1.45 bits per heavy atom. The van der Waals surface area contributed by atoms with Crippen LogP contribution in [0.15, 0.2) is 0 Å². The second-order valence-electron chi connectivity index (χ2n) is 2.43. The van der Waals surface area contributed by atoms with Gasteiger partial charge in [-0.15, -0.1) is 0 Å². The summed E-state index contributed by atoms with van der Waals surface area (Å²) in [6.07, 6.45) is -3.77. The average molecular weight is 171 g/mol. The van der Waals surface area contributed by atoms with Crippen LogP contribution in [0.5, 0.6) is 0 Å². The number of alkyl halides is 3. The minimum Gasteiger partial charge on any atom is -0.372 e. The van der Waals surface area contributed by atoms with Crippen molar-refractivity contribution in [3.05, 3.63) is 0 Å². The molecule has 0 rings (SSSR count). The summed E-state index contributed by atoms with van der Waals surface area (Å²) in [6, 6.07) is -0.108. The highest BCUT2D eigenvalue weighted by atomic mass is 19.4. The first-order chi connectivity index (χ1) is 4.92. The average Bonchev–Trinajstić information content (AvgIpc) is 1.78. The third kappa shape index (κ3) is 9.71. The SMILES string of the molecule is CC(N)CCOCC(F)(F)F. The topological polar surface area (TPSA) is 35.2 Å². The maximum Gasteiger partial charge on any atom is 0.411 e. The normalized spacial score (nSPS) is 15.0. The van der Waals surface area contributed by atoms with E-state index in [1.54, 1.807) is 6.92 Å². The largest absolute Gasteiger partial charge is 0.411 e. The number of halogens is 3. The first-order valence-corrected chi connectivity index (χ1v) is 3.32. The van der Waals surface area contributed by atoms with Gasteiger partial charge in [0.25, 0.3) is 0 Å². The van der Waals surface area contributed by atoms with E-state index in [4.69, 9.17) is 5.73 Å². The van der Waals surface area contributed by atoms with Crippen LogP contribution in [0.3, 0.4) is 0 Å². The number of hydrogen-bond acceptors (Lipinski definition) is 2. The second kappa shape index (κ2) is 4.56. The van der Waals surface area contributed by atoms with Gasteiger partial charge >= 0.3 is 6.18 Å². The fourth-order valence-electron chi connectivity index (χ4n) is 0.457. The van der Waals surface area contributed by atoms with Crippen LogP contribution in [-0.4, -0.2) is 25.4 Å². The second-order valence-corrected chi connectivity index (χ2v) is 2.43. The van der Waals surface area contributed by atoms with Crippen LogP contribution in [0.25, 0.3) is 0 Å². The Morgan fingerprint density at radius 3 is 2.36 bits per heavy atom. The number of ether oxygens (including phenoxy) is 1. The Kier molecular flexibility index (Phi) is 4.44. The lowest BCUT2D eigenvalue weighted by atomic mass is 10.3. The van der Waals surface area contributed by atoms with Gasteiger partial charge < -0.3 is 10.5 Å². The van der Waals surface area contributed by atoms with E-state index in [0.29, 0.717) is 6.42 Å². The molecule has 0 aromatic carbocycles. The molecule has 1 atom stereocenters. The van der Waals surface area contributed by atoms with E-state index in [-0.39, 0.29) is 12.6 Å². The van der Waals surface area contributed by atoms with E-state index >= 15 is 0 Å². The molecule has 5 heteroatoms. The van der Waals surface area contributed by atoms with Gasteiger partial charge in [0, 0.05) is 12.6 Å². The van der Waals surface area contributed by atoms with E-state index < -0.39 is 12.8 Å². The van der Waals surface area contributed by atoms with Crippen molar-refractivity contribution in [3.8, 4) is 0 Å². The molecule has 0 aliphatic heterocycles. The number of rotatable bonds is 4. The zero-order chi connectivity index (χ0) is 8.91. The molecule has 0 fully saturated rings. The predicted octanol–water partition coefficient (Wildman–Crippen LogP) is 1.30. The van der Waals surface area contributed by atoms with Crippen molar-refractivity contribution in [1.29, 1.82) is 0 Å². The summed E-state index contributed by atoms with van der Waals surface area (Å²) in [7, 11) is 0. The Labute approximate surface area is 63.5 Å². The Balaban J connectivity index is 3.15. The van der Waals surface area contributed by atoms with E-state index in [0.717, 1.165) is 0 Å². The molecule has 1 unspecified atom stereocenters. The summed E-state index contributed by atoms with van der Waals surface area (Å²) in [5.41, 5.74) is 5.28. The smallest absolute Gasteiger partial charge is 0.372 e. The van der Waals surface area contributed by atoms with Gasteiger partial charge in [0.15, 0.2) is 0 Å². The molecule has 2 nitrogen and oxygen atoms in total. The molecule has 0 aromatic rings. The van der Waals surface area contributed by atoms with E-state index in [2.05, 4.69) is 4.74 Å². The fourth-order valence-corrected chi connectivity index (χ4v) is 0.457. The molecule has 0 radical (unpaired) electrons. The van der Waals surface area contributed by atoms with Crippen molar-refractivity contribution in [2.24, 2.45) is 5.73 Å². The molecule has 0 saturated carbocycles. The van der Waals surface area contributed by atoms with Gasteiger partial charge in [-0.05, 0) is 13.3 Å². The summed E-state index contributed by atoms with van der Waals surface area (Å²) in [6.45, 7) is 0.605. The molecule has 2 N–H and O–H groups in total. The molecule has 0 aromatic heterocycles. The van der Waals surface area contributed by atoms with Crippen molar-refractivity contribution in [2.75, 3.05) is 13.2 Å². The highest BCUT2D eigenvalue weighted by Gasteiger charge is 2.27. The fraction of sp³-hybridized carbons (Fsp3) is 1.00. The van der Waals surface area contributed by atoms with E-state index in [9.17, 15) is 13.2 Å². The van der Waals surface area contributed by atoms with Crippen LogP contribution in [0, 0.1) is 0 Å². The summed E-state index contributed by atoms with van der Waals surface area (Å²) in [4.78, 5) is 0. The van der Waals surface area contributed by atoms with Gasteiger partial charge in [0.2, 0.25) is 0 Å². The van der Waals surface area contributed by atoms with Gasteiger partial charge in [0.05, 0.1) is 0 Å². The molecule has 0 aliphatic carbocycles. The first kappa shape index (κ1) is 10.7. The van der Waals surface area contributed by atoms with Crippen LogP contribution in [0.1, 0.15) is 13.3 Å². The zero-order valence-corrected chi connectivity index (χ0v) is 6.32. The van der Waals surface area contributed by atoms with Gasteiger partial charge in [-0.25, -0.2) is 0 Å². The van der Waals surface area contributed by atoms with Crippen molar-refractivity contribution in [3.63, 3.8) is 0 Å². The van der Waals surface area contributed by atoms with Crippen molar-refractivity contribution in [2.45, 2.75) is 25.6 Å². The van der Waals surface area contributed by atoms with Crippen LogP contribution in [-0.2, 0) is 4.74 Å². The summed E-state index contributed by atoms with van der Waals surface area (Å²) >= 11 is 0. The Bertz CT molecular complexity index is 102. The van der Waals surface area contributed by atoms with Crippen molar-refractivity contribution >= 4 is 0 Å². The van der Waals surface area contributed by atoms with Crippen LogP contribution in [0.2, 0.25) is 0 Å². The monoisotopic (exact) mass is 171 g/mol. The standard InChI is InChI=1S/C6H12F3NO/c1-5(10)2-3-11-4-6(7,8)9/h5H,2-4,10H2,1H3. The molecular formula is C6H12F3NO. The molecule has 0 amide bonds. The van der Waals surface area contributed by atoms with Crippen LogP contribution in [0.4, 0.5) is 13.2 Å². The maximum absolute atomic E-state index is 11.4. The van der Waals surface area contributed by atoms with Gasteiger partial charge in [-0.3, -0.25) is 0 Å².